The largest absolute Gasteiger partial charge is 0.352 e. The van der Waals surface area contributed by atoms with Crippen LogP contribution in [0.3, 0.4) is 0 Å². The van der Waals surface area contributed by atoms with Gasteiger partial charge in [0.1, 0.15) is 0 Å². The first kappa shape index (κ1) is 18.2. The molecular weight excluding hydrogens is 324 g/mol. The third-order valence-electron chi connectivity index (χ3n) is 4.95. The first-order chi connectivity index (χ1) is 12.5. The highest BCUT2D eigenvalue weighted by molar-refractivity contribution is 6.00. The molecule has 0 spiro atoms. The zero-order chi connectivity index (χ0) is 18.7. The number of aryl methyl sites for hydroxylation is 1. The van der Waals surface area contributed by atoms with E-state index in [1.165, 1.54) is 0 Å². The molecule has 2 atom stereocenters. The predicted molar refractivity (Wildman–Crippen MR) is 104 cm³/mol. The van der Waals surface area contributed by atoms with Crippen molar-refractivity contribution in [3.8, 4) is 0 Å². The Balaban J connectivity index is 1.57. The van der Waals surface area contributed by atoms with Gasteiger partial charge in [0, 0.05) is 12.2 Å². The van der Waals surface area contributed by atoms with Crippen LogP contribution in [-0.4, -0.2) is 11.8 Å². The minimum Gasteiger partial charge on any atom is -0.352 e. The lowest BCUT2D eigenvalue weighted by Crippen LogP contribution is -2.27. The Kier molecular flexibility index (Phi) is 5.40. The van der Waals surface area contributed by atoms with E-state index >= 15 is 0 Å². The average Bonchev–Trinajstić information content (AvgIpc) is 3.43. The monoisotopic (exact) mass is 350 g/mol. The van der Waals surface area contributed by atoms with Gasteiger partial charge in [0.05, 0.1) is 11.8 Å². The second kappa shape index (κ2) is 7.73. The van der Waals surface area contributed by atoms with Crippen LogP contribution in [0.2, 0.25) is 0 Å². The van der Waals surface area contributed by atoms with E-state index in [9.17, 15) is 9.59 Å². The molecule has 0 bridgehead atoms. The van der Waals surface area contributed by atoms with Crippen LogP contribution in [0.5, 0.6) is 0 Å². The second-order valence-electron chi connectivity index (χ2n) is 7.34. The average molecular weight is 350 g/mol. The van der Waals surface area contributed by atoms with Gasteiger partial charge in [0.15, 0.2) is 0 Å². The first-order valence-electron chi connectivity index (χ1n) is 9.19. The fourth-order valence-electron chi connectivity index (χ4n) is 3.25. The van der Waals surface area contributed by atoms with E-state index in [1.54, 1.807) is 0 Å². The lowest BCUT2D eigenvalue weighted by atomic mass is 9.98. The van der Waals surface area contributed by atoms with E-state index in [4.69, 9.17) is 0 Å². The molecule has 0 aromatic heterocycles. The van der Waals surface area contributed by atoms with Crippen molar-refractivity contribution in [2.75, 3.05) is 5.32 Å². The van der Waals surface area contributed by atoms with Crippen molar-refractivity contribution in [2.45, 2.75) is 39.7 Å². The summed E-state index contributed by atoms with van der Waals surface area (Å²) in [5.41, 5.74) is 4.13. The van der Waals surface area contributed by atoms with Gasteiger partial charge < -0.3 is 10.6 Å². The summed E-state index contributed by atoms with van der Waals surface area (Å²) in [7, 11) is 0. The highest BCUT2D eigenvalue weighted by Crippen LogP contribution is 2.40. The summed E-state index contributed by atoms with van der Waals surface area (Å²) in [5, 5.41) is 5.99. The molecule has 0 aliphatic heterocycles. The highest BCUT2D eigenvalue weighted by atomic mass is 16.2. The van der Waals surface area contributed by atoms with Gasteiger partial charge in [-0.3, -0.25) is 9.59 Å². The highest BCUT2D eigenvalue weighted by Gasteiger charge is 2.48. The predicted octanol–water partition coefficient (Wildman–Crippen LogP) is 4.01. The van der Waals surface area contributed by atoms with Gasteiger partial charge in [0.2, 0.25) is 11.8 Å². The molecule has 1 fully saturated rings. The van der Waals surface area contributed by atoms with Crippen molar-refractivity contribution in [3.05, 3.63) is 65.2 Å². The summed E-state index contributed by atoms with van der Waals surface area (Å²) in [5.74, 6) is -0.214. The third-order valence-corrected chi connectivity index (χ3v) is 4.95. The van der Waals surface area contributed by atoms with Crippen molar-refractivity contribution in [1.29, 1.82) is 0 Å². The zero-order valence-electron chi connectivity index (χ0n) is 15.6. The number of amides is 2. The lowest BCUT2D eigenvalue weighted by molar-refractivity contribution is -0.125. The second-order valence-corrected chi connectivity index (χ2v) is 7.34. The topological polar surface area (TPSA) is 58.2 Å². The van der Waals surface area contributed by atoms with E-state index in [2.05, 4.69) is 24.5 Å². The van der Waals surface area contributed by atoms with Crippen molar-refractivity contribution in [3.63, 3.8) is 0 Å². The molecule has 4 heteroatoms. The fourth-order valence-corrected chi connectivity index (χ4v) is 3.25. The Labute approximate surface area is 155 Å². The molecular formula is C22H26N2O2. The van der Waals surface area contributed by atoms with Gasteiger partial charge in [-0.2, -0.15) is 0 Å². The van der Waals surface area contributed by atoms with Gasteiger partial charge in [-0.1, -0.05) is 62.4 Å². The number of para-hydroxylation sites is 1. The number of carbonyl (C=O) groups excluding carboxylic acids is 2. The Morgan fingerprint density at radius 1 is 1.00 bits per heavy atom. The van der Waals surface area contributed by atoms with E-state index in [0.29, 0.717) is 18.9 Å². The summed E-state index contributed by atoms with van der Waals surface area (Å²) >= 11 is 0. The van der Waals surface area contributed by atoms with Crippen LogP contribution in [0.25, 0.3) is 0 Å². The van der Waals surface area contributed by atoms with Crippen LogP contribution in [0.4, 0.5) is 5.69 Å². The molecule has 26 heavy (non-hydrogen) atoms. The van der Waals surface area contributed by atoms with Crippen LogP contribution in [0, 0.1) is 18.8 Å². The number of rotatable bonds is 6. The molecule has 1 aliphatic rings. The van der Waals surface area contributed by atoms with Gasteiger partial charge in [0.25, 0.3) is 0 Å². The number of anilines is 1. The Morgan fingerprint density at radius 2 is 1.69 bits per heavy atom. The zero-order valence-corrected chi connectivity index (χ0v) is 15.6. The summed E-state index contributed by atoms with van der Waals surface area (Å²) < 4.78 is 0. The van der Waals surface area contributed by atoms with Gasteiger partial charge in [-0.25, -0.2) is 0 Å². The maximum absolute atomic E-state index is 12.6. The van der Waals surface area contributed by atoms with Crippen molar-refractivity contribution in [2.24, 2.45) is 11.8 Å². The Bertz CT molecular complexity index is 799. The van der Waals surface area contributed by atoms with E-state index in [1.807, 2.05) is 55.5 Å². The summed E-state index contributed by atoms with van der Waals surface area (Å²) in [6, 6.07) is 15.8. The minimum absolute atomic E-state index is 0.0390. The standard InChI is InChI=1S/C22H26N2O2/c1-14(2)17-11-7-8-15(3)20(17)24-22(26)19-12-18(19)21(25)23-13-16-9-5-4-6-10-16/h4-11,14,18-19H,12-13H2,1-3H3,(H,23,25)(H,24,26). The molecule has 136 valence electrons. The normalized spacial score (nSPS) is 18.5. The number of hydrogen-bond acceptors (Lipinski definition) is 2. The first-order valence-corrected chi connectivity index (χ1v) is 9.19. The van der Waals surface area contributed by atoms with Crippen LogP contribution in [-0.2, 0) is 16.1 Å². The lowest BCUT2D eigenvalue weighted by Gasteiger charge is -2.16. The van der Waals surface area contributed by atoms with Crippen LogP contribution < -0.4 is 10.6 Å². The maximum atomic E-state index is 12.6. The molecule has 2 N–H and O–H groups in total. The molecule has 4 nitrogen and oxygen atoms in total. The van der Waals surface area contributed by atoms with Crippen molar-refractivity contribution < 1.29 is 9.59 Å². The smallest absolute Gasteiger partial charge is 0.228 e. The minimum atomic E-state index is -0.231. The van der Waals surface area contributed by atoms with Crippen molar-refractivity contribution in [1.82, 2.24) is 5.32 Å². The summed E-state index contributed by atoms with van der Waals surface area (Å²) in [6.45, 7) is 6.72. The molecule has 0 radical (unpaired) electrons. The van der Waals surface area contributed by atoms with E-state index in [-0.39, 0.29) is 23.7 Å². The quantitative estimate of drug-likeness (QED) is 0.827. The maximum Gasteiger partial charge on any atom is 0.228 e. The number of carbonyl (C=O) groups is 2. The van der Waals surface area contributed by atoms with Crippen LogP contribution in [0.1, 0.15) is 42.9 Å². The fraction of sp³-hybridized carbons (Fsp3) is 0.364. The third kappa shape index (κ3) is 4.13. The molecule has 2 aromatic carbocycles. The molecule has 2 unspecified atom stereocenters. The van der Waals surface area contributed by atoms with Crippen LogP contribution in [0.15, 0.2) is 48.5 Å². The number of benzene rings is 2. The number of hydrogen-bond donors (Lipinski definition) is 2. The molecule has 2 aromatic rings. The van der Waals surface area contributed by atoms with E-state index in [0.717, 1.165) is 22.4 Å². The van der Waals surface area contributed by atoms with Crippen LogP contribution >= 0.6 is 0 Å². The molecule has 3 rings (SSSR count). The SMILES string of the molecule is Cc1cccc(C(C)C)c1NC(=O)C1CC1C(=O)NCc1ccccc1. The summed E-state index contributed by atoms with van der Waals surface area (Å²) in [4.78, 5) is 24.9. The molecule has 1 saturated carbocycles. The molecule has 2 amide bonds. The van der Waals surface area contributed by atoms with Gasteiger partial charge >= 0.3 is 0 Å². The molecule has 0 heterocycles. The Hall–Kier alpha value is -2.62. The van der Waals surface area contributed by atoms with Gasteiger partial charge in [-0.05, 0) is 36.0 Å². The van der Waals surface area contributed by atoms with Gasteiger partial charge in [-0.15, -0.1) is 0 Å². The number of nitrogens with one attached hydrogen (secondary N) is 2. The molecule has 1 aliphatic carbocycles. The molecule has 0 saturated heterocycles. The Morgan fingerprint density at radius 3 is 2.38 bits per heavy atom. The van der Waals surface area contributed by atoms with E-state index < -0.39 is 0 Å². The summed E-state index contributed by atoms with van der Waals surface area (Å²) in [6.07, 6.45) is 0.620. The van der Waals surface area contributed by atoms with Crippen molar-refractivity contribution >= 4 is 17.5 Å².